The maximum absolute atomic E-state index is 5.18. The van der Waals surface area contributed by atoms with Gasteiger partial charge in [-0.3, -0.25) is 4.99 Å². The normalized spacial score (nSPS) is 11.4. The van der Waals surface area contributed by atoms with Crippen molar-refractivity contribution in [1.82, 2.24) is 10.6 Å². The molecule has 0 aliphatic heterocycles. The molecule has 0 atom stereocenters. The second-order valence-electron chi connectivity index (χ2n) is 5.96. The number of aryl methyl sites for hydroxylation is 2. The minimum atomic E-state index is 0.632. The minimum Gasteiger partial charge on any atom is -0.380 e. The van der Waals surface area contributed by atoms with E-state index >= 15 is 0 Å². The van der Waals surface area contributed by atoms with Crippen LogP contribution < -0.4 is 10.6 Å². The van der Waals surface area contributed by atoms with E-state index in [1.54, 1.807) is 14.2 Å². The van der Waals surface area contributed by atoms with Gasteiger partial charge in [0, 0.05) is 27.2 Å². The SMILES string of the molecule is CN=C(NCc1cccc(COC)c1)NCc1ccc(C)cc1C. The first-order valence-electron chi connectivity index (χ1n) is 8.19. The van der Waals surface area contributed by atoms with Crippen molar-refractivity contribution in [2.24, 2.45) is 4.99 Å². The van der Waals surface area contributed by atoms with E-state index in [1.165, 1.54) is 27.8 Å². The lowest BCUT2D eigenvalue weighted by Gasteiger charge is -2.14. The highest BCUT2D eigenvalue weighted by atomic mass is 16.5. The van der Waals surface area contributed by atoms with Gasteiger partial charge < -0.3 is 15.4 Å². The molecule has 2 aromatic carbocycles. The Morgan fingerprint density at radius 2 is 1.75 bits per heavy atom. The van der Waals surface area contributed by atoms with Crippen LogP contribution >= 0.6 is 0 Å². The van der Waals surface area contributed by atoms with Crippen LogP contribution in [-0.2, 0) is 24.4 Å². The number of benzene rings is 2. The summed E-state index contributed by atoms with van der Waals surface area (Å²) >= 11 is 0. The Morgan fingerprint density at radius 1 is 1.00 bits per heavy atom. The molecule has 0 saturated heterocycles. The third-order valence-electron chi connectivity index (χ3n) is 3.93. The number of guanidine groups is 1. The predicted octanol–water partition coefficient (Wildman–Crippen LogP) is 3.32. The summed E-state index contributed by atoms with van der Waals surface area (Å²) in [6, 6.07) is 14.9. The predicted molar refractivity (Wildman–Crippen MR) is 100 cm³/mol. The van der Waals surface area contributed by atoms with Crippen molar-refractivity contribution in [2.45, 2.75) is 33.5 Å². The van der Waals surface area contributed by atoms with Gasteiger partial charge in [-0.05, 0) is 36.1 Å². The molecule has 0 fully saturated rings. The zero-order chi connectivity index (χ0) is 17.4. The van der Waals surface area contributed by atoms with Gasteiger partial charge in [-0.1, -0.05) is 48.0 Å². The highest BCUT2D eigenvalue weighted by Crippen LogP contribution is 2.10. The third kappa shape index (κ3) is 5.39. The van der Waals surface area contributed by atoms with Gasteiger partial charge >= 0.3 is 0 Å². The van der Waals surface area contributed by atoms with Crippen molar-refractivity contribution < 1.29 is 4.74 Å². The van der Waals surface area contributed by atoms with E-state index in [4.69, 9.17) is 4.74 Å². The average molecular weight is 325 g/mol. The topological polar surface area (TPSA) is 45.7 Å². The lowest BCUT2D eigenvalue weighted by atomic mass is 10.1. The number of hydrogen-bond acceptors (Lipinski definition) is 2. The van der Waals surface area contributed by atoms with Crippen molar-refractivity contribution >= 4 is 5.96 Å². The Labute approximate surface area is 145 Å². The van der Waals surface area contributed by atoms with Gasteiger partial charge in [0.25, 0.3) is 0 Å². The molecule has 128 valence electrons. The summed E-state index contributed by atoms with van der Waals surface area (Å²) in [6.45, 7) is 6.37. The van der Waals surface area contributed by atoms with Crippen molar-refractivity contribution in [3.8, 4) is 0 Å². The van der Waals surface area contributed by atoms with Gasteiger partial charge in [-0.2, -0.15) is 0 Å². The zero-order valence-corrected chi connectivity index (χ0v) is 15.0. The first-order chi connectivity index (χ1) is 11.6. The fourth-order valence-electron chi connectivity index (χ4n) is 2.63. The van der Waals surface area contributed by atoms with E-state index in [0.717, 1.165) is 19.0 Å². The lowest BCUT2D eigenvalue weighted by Crippen LogP contribution is -2.36. The smallest absolute Gasteiger partial charge is 0.191 e. The molecule has 0 amide bonds. The molecule has 0 spiro atoms. The summed E-state index contributed by atoms with van der Waals surface area (Å²) in [5, 5.41) is 6.72. The van der Waals surface area contributed by atoms with Gasteiger partial charge in [-0.15, -0.1) is 0 Å². The zero-order valence-electron chi connectivity index (χ0n) is 15.0. The number of hydrogen-bond donors (Lipinski definition) is 2. The molecule has 4 heteroatoms. The second kappa shape index (κ2) is 9.08. The summed E-state index contributed by atoms with van der Waals surface area (Å²) in [4.78, 5) is 4.29. The second-order valence-corrected chi connectivity index (χ2v) is 5.96. The van der Waals surface area contributed by atoms with Crippen LogP contribution in [-0.4, -0.2) is 20.1 Å². The van der Waals surface area contributed by atoms with Crippen molar-refractivity contribution in [1.29, 1.82) is 0 Å². The molecule has 0 aliphatic carbocycles. The molecule has 0 radical (unpaired) electrons. The van der Waals surface area contributed by atoms with Gasteiger partial charge in [0.15, 0.2) is 5.96 Å². The van der Waals surface area contributed by atoms with E-state index in [1.807, 2.05) is 0 Å². The molecule has 2 N–H and O–H groups in total. The van der Waals surface area contributed by atoms with E-state index in [2.05, 4.69) is 71.9 Å². The number of nitrogens with zero attached hydrogens (tertiary/aromatic N) is 1. The number of nitrogens with one attached hydrogen (secondary N) is 2. The molecule has 0 unspecified atom stereocenters. The van der Waals surface area contributed by atoms with Crippen LogP contribution in [0.25, 0.3) is 0 Å². The van der Waals surface area contributed by atoms with E-state index in [-0.39, 0.29) is 0 Å². The Kier molecular flexibility index (Phi) is 6.82. The molecule has 24 heavy (non-hydrogen) atoms. The fourth-order valence-corrected chi connectivity index (χ4v) is 2.63. The Hall–Kier alpha value is -2.33. The summed E-state index contributed by atoms with van der Waals surface area (Å²) in [5.41, 5.74) is 6.25. The maximum Gasteiger partial charge on any atom is 0.191 e. The summed E-state index contributed by atoms with van der Waals surface area (Å²) < 4.78 is 5.18. The highest BCUT2D eigenvalue weighted by molar-refractivity contribution is 5.79. The molecule has 4 nitrogen and oxygen atoms in total. The minimum absolute atomic E-state index is 0.632. The third-order valence-corrected chi connectivity index (χ3v) is 3.93. The van der Waals surface area contributed by atoms with Crippen LogP contribution in [0.15, 0.2) is 47.5 Å². The molecule has 2 aromatic rings. The van der Waals surface area contributed by atoms with Gasteiger partial charge in [-0.25, -0.2) is 0 Å². The van der Waals surface area contributed by atoms with Crippen molar-refractivity contribution in [3.05, 3.63) is 70.3 Å². The molecule has 0 aromatic heterocycles. The molecule has 0 saturated carbocycles. The maximum atomic E-state index is 5.18. The summed E-state index contributed by atoms with van der Waals surface area (Å²) in [5.74, 6) is 0.798. The average Bonchev–Trinajstić information content (AvgIpc) is 2.57. The van der Waals surface area contributed by atoms with Crippen LogP contribution in [0, 0.1) is 13.8 Å². The monoisotopic (exact) mass is 325 g/mol. The standard InChI is InChI=1S/C20H27N3O/c1-15-8-9-19(16(2)10-15)13-23-20(21-3)22-12-17-6-5-7-18(11-17)14-24-4/h5-11H,12-14H2,1-4H3,(H2,21,22,23). The van der Waals surface area contributed by atoms with Gasteiger partial charge in [0.1, 0.15) is 0 Å². The first kappa shape index (κ1) is 18.0. The van der Waals surface area contributed by atoms with Crippen LogP contribution in [0.1, 0.15) is 27.8 Å². The Balaban J connectivity index is 1.89. The van der Waals surface area contributed by atoms with E-state index in [9.17, 15) is 0 Å². The lowest BCUT2D eigenvalue weighted by molar-refractivity contribution is 0.185. The molecule has 0 bridgehead atoms. The molecule has 2 rings (SSSR count). The largest absolute Gasteiger partial charge is 0.380 e. The molecule has 0 aliphatic rings. The van der Waals surface area contributed by atoms with E-state index in [0.29, 0.717) is 6.61 Å². The van der Waals surface area contributed by atoms with Crippen molar-refractivity contribution in [2.75, 3.05) is 14.2 Å². The van der Waals surface area contributed by atoms with Crippen LogP contribution in [0.3, 0.4) is 0 Å². The summed E-state index contributed by atoms with van der Waals surface area (Å²) in [6.07, 6.45) is 0. The fraction of sp³-hybridized carbons (Fsp3) is 0.350. The number of ether oxygens (including phenoxy) is 1. The number of aliphatic imine (C=N–C) groups is 1. The number of rotatable bonds is 6. The van der Waals surface area contributed by atoms with Gasteiger partial charge in [0.05, 0.1) is 6.61 Å². The first-order valence-corrected chi connectivity index (χ1v) is 8.19. The quantitative estimate of drug-likeness (QED) is 0.633. The molecular formula is C20H27N3O. The van der Waals surface area contributed by atoms with Gasteiger partial charge in [0.2, 0.25) is 0 Å². The number of methoxy groups -OCH3 is 1. The van der Waals surface area contributed by atoms with Crippen LogP contribution in [0.5, 0.6) is 0 Å². The Morgan fingerprint density at radius 3 is 2.46 bits per heavy atom. The van der Waals surface area contributed by atoms with Crippen LogP contribution in [0.4, 0.5) is 0 Å². The van der Waals surface area contributed by atoms with E-state index < -0.39 is 0 Å². The van der Waals surface area contributed by atoms with Crippen molar-refractivity contribution in [3.63, 3.8) is 0 Å². The highest BCUT2D eigenvalue weighted by Gasteiger charge is 2.02. The van der Waals surface area contributed by atoms with Crippen LogP contribution in [0.2, 0.25) is 0 Å². The molecule has 0 heterocycles. The summed E-state index contributed by atoms with van der Waals surface area (Å²) in [7, 11) is 3.50. The Bertz CT molecular complexity index is 695. The molecular weight excluding hydrogens is 298 g/mol.